The number of para-hydroxylation sites is 1. The topological polar surface area (TPSA) is 44.2 Å². The Kier molecular flexibility index (Phi) is 8.46. The van der Waals surface area contributed by atoms with Crippen molar-refractivity contribution in [1.82, 2.24) is 9.97 Å². The Morgan fingerprint density at radius 1 is 0.689 bits per heavy atom. The van der Waals surface area contributed by atoms with Crippen LogP contribution in [0.25, 0.3) is 22.5 Å². The first kappa shape index (κ1) is 30.5. The van der Waals surface area contributed by atoms with Gasteiger partial charge in [-0.05, 0) is 64.6 Å². The predicted octanol–water partition coefficient (Wildman–Crippen LogP) is 7.43. The quantitative estimate of drug-likeness (QED) is 0.136. The molecule has 0 unspecified atom stereocenters. The van der Waals surface area contributed by atoms with E-state index in [4.69, 9.17) is 9.47 Å². The van der Waals surface area contributed by atoms with Crippen LogP contribution >= 0.6 is 0 Å². The van der Waals surface area contributed by atoms with E-state index in [1.165, 1.54) is 11.1 Å². The fraction of sp³-hybridized carbons (Fsp3) is 0.128. The minimum atomic E-state index is 0. The fourth-order valence-corrected chi connectivity index (χ4v) is 5.75. The van der Waals surface area contributed by atoms with Crippen LogP contribution in [0.5, 0.6) is 23.0 Å². The van der Waals surface area contributed by atoms with Crippen LogP contribution < -0.4 is 25.9 Å². The Morgan fingerprint density at radius 2 is 1.47 bits per heavy atom. The molecule has 223 valence electrons. The van der Waals surface area contributed by atoms with E-state index in [2.05, 4.69) is 79.3 Å². The number of fused-ring (bicyclic) bond motifs is 4. The normalized spacial score (nSPS) is 12.1. The summed E-state index contributed by atoms with van der Waals surface area (Å²) < 4.78 is 12.7. The van der Waals surface area contributed by atoms with Gasteiger partial charge in [0.25, 0.3) is 0 Å². The molecule has 6 aromatic rings. The van der Waals surface area contributed by atoms with Gasteiger partial charge in [0.1, 0.15) is 17.2 Å². The largest absolute Gasteiger partial charge is 0.503 e. The third kappa shape index (κ3) is 5.96. The molecule has 4 aromatic carbocycles. The van der Waals surface area contributed by atoms with Gasteiger partial charge in [0.15, 0.2) is 0 Å². The average Bonchev–Trinajstić information content (AvgIpc) is 3.05. The zero-order chi connectivity index (χ0) is 30.3. The summed E-state index contributed by atoms with van der Waals surface area (Å²) in [5, 5.41) is 0. The first-order valence-corrected chi connectivity index (χ1v) is 14.9. The van der Waals surface area contributed by atoms with Gasteiger partial charge in [0.05, 0.1) is 0 Å². The second kappa shape index (κ2) is 12.5. The number of aromatic nitrogens is 2. The second-order valence-corrected chi connectivity index (χ2v) is 12.2. The zero-order valence-electron chi connectivity index (χ0n) is 25.6. The number of benzene rings is 4. The SMILES string of the molecule is CC(C)(C)c1ccnc(-c2[c-]ccc3c2Oc2cccc4c2B3c2ccccc2O4)c1.Cc1ccc(-c2[c-]cccc2)nc1.[Ir]. The number of pyridine rings is 2. The van der Waals surface area contributed by atoms with Crippen molar-refractivity contribution in [1.29, 1.82) is 0 Å². The monoisotopic (exact) mass is 763 g/mol. The molecule has 0 bridgehead atoms. The van der Waals surface area contributed by atoms with Crippen LogP contribution in [0, 0.1) is 19.1 Å². The smallest absolute Gasteiger partial charge is 0.241 e. The summed E-state index contributed by atoms with van der Waals surface area (Å²) in [5.74, 6) is 3.41. The van der Waals surface area contributed by atoms with Crippen LogP contribution in [0.2, 0.25) is 0 Å². The molecule has 4 heterocycles. The molecule has 0 saturated carbocycles. The Bertz CT molecular complexity index is 1970. The molecule has 2 aromatic heterocycles. The first-order valence-electron chi connectivity index (χ1n) is 14.9. The van der Waals surface area contributed by atoms with Gasteiger partial charge in [-0.15, -0.1) is 59.6 Å². The van der Waals surface area contributed by atoms with E-state index >= 15 is 0 Å². The van der Waals surface area contributed by atoms with Gasteiger partial charge in [-0.2, -0.15) is 0 Å². The van der Waals surface area contributed by atoms with Crippen molar-refractivity contribution in [3.63, 3.8) is 0 Å². The molecule has 0 fully saturated rings. The molecule has 0 N–H and O–H groups in total. The summed E-state index contributed by atoms with van der Waals surface area (Å²) in [5.41, 5.74) is 9.60. The van der Waals surface area contributed by atoms with Gasteiger partial charge in [0.2, 0.25) is 6.71 Å². The number of hydrogen-bond acceptors (Lipinski definition) is 4. The van der Waals surface area contributed by atoms with E-state index in [1.54, 1.807) is 0 Å². The molecule has 1 radical (unpaired) electrons. The molecule has 45 heavy (non-hydrogen) atoms. The average molecular weight is 763 g/mol. The van der Waals surface area contributed by atoms with Crippen molar-refractivity contribution in [2.45, 2.75) is 33.1 Å². The van der Waals surface area contributed by atoms with E-state index < -0.39 is 0 Å². The molecule has 0 aliphatic carbocycles. The molecule has 0 amide bonds. The molecule has 4 nitrogen and oxygen atoms in total. The molecular formula is C39H31BIrN2O2-2. The van der Waals surface area contributed by atoms with Gasteiger partial charge >= 0.3 is 0 Å². The molecule has 0 saturated heterocycles. The van der Waals surface area contributed by atoms with E-state index in [0.717, 1.165) is 61.9 Å². The van der Waals surface area contributed by atoms with Gasteiger partial charge in [-0.1, -0.05) is 68.8 Å². The van der Waals surface area contributed by atoms with Crippen LogP contribution in [0.3, 0.4) is 0 Å². The van der Waals surface area contributed by atoms with Crippen LogP contribution in [-0.2, 0) is 25.5 Å². The van der Waals surface area contributed by atoms with Gasteiger partial charge in [-0.3, -0.25) is 0 Å². The summed E-state index contributed by atoms with van der Waals surface area (Å²) in [6, 6.07) is 41.1. The maximum atomic E-state index is 6.50. The molecule has 2 aliphatic heterocycles. The Hall–Kier alpha value is -4.51. The maximum absolute atomic E-state index is 6.50. The Balaban J connectivity index is 0.000000215. The molecule has 2 aliphatic rings. The van der Waals surface area contributed by atoms with E-state index in [-0.39, 0.29) is 32.2 Å². The molecule has 0 spiro atoms. The van der Waals surface area contributed by atoms with Crippen LogP contribution in [-0.4, -0.2) is 16.7 Å². The summed E-state index contributed by atoms with van der Waals surface area (Å²) in [6.07, 6.45) is 3.75. The standard InChI is InChI=1S/C27H21BNO2.C12H10N.Ir/c1-27(2,3)17-14-15-29-21(16-17)18-8-6-10-20-26(18)31-24-13-7-12-23-25(24)28(20)19-9-4-5-11-22(19)30-23;1-10-7-8-12(13-9-10)11-5-3-2-4-6-11;/h4-7,9-16H,1-3H3;2-5,7-9H,1H3;/q2*-1;. The summed E-state index contributed by atoms with van der Waals surface area (Å²) in [7, 11) is 0. The van der Waals surface area contributed by atoms with Crippen LogP contribution in [0.4, 0.5) is 0 Å². The van der Waals surface area contributed by atoms with Crippen molar-refractivity contribution in [3.05, 3.63) is 139 Å². The fourth-order valence-electron chi connectivity index (χ4n) is 5.75. The van der Waals surface area contributed by atoms with Crippen molar-refractivity contribution < 1.29 is 29.6 Å². The van der Waals surface area contributed by atoms with Crippen molar-refractivity contribution >= 4 is 23.1 Å². The van der Waals surface area contributed by atoms with Crippen molar-refractivity contribution in [2.75, 3.05) is 0 Å². The zero-order valence-corrected chi connectivity index (χ0v) is 28.0. The predicted molar refractivity (Wildman–Crippen MR) is 178 cm³/mol. The minimum Gasteiger partial charge on any atom is -0.503 e. The molecular weight excluding hydrogens is 731 g/mol. The number of hydrogen-bond donors (Lipinski definition) is 0. The molecule has 8 rings (SSSR count). The van der Waals surface area contributed by atoms with Gasteiger partial charge < -0.3 is 19.4 Å². The second-order valence-electron chi connectivity index (χ2n) is 12.2. The molecule has 0 atom stereocenters. The summed E-state index contributed by atoms with van der Waals surface area (Å²) in [4.78, 5) is 9.00. The van der Waals surface area contributed by atoms with Gasteiger partial charge in [0, 0.05) is 43.7 Å². The first-order chi connectivity index (χ1) is 21.4. The number of ether oxygens (including phenoxy) is 2. The van der Waals surface area contributed by atoms with Crippen LogP contribution in [0.1, 0.15) is 31.9 Å². The van der Waals surface area contributed by atoms with Crippen LogP contribution in [0.15, 0.2) is 116 Å². The Morgan fingerprint density at radius 3 is 2.22 bits per heavy atom. The van der Waals surface area contributed by atoms with E-state index in [1.807, 2.05) is 86.0 Å². The molecule has 6 heteroatoms. The minimum absolute atomic E-state index is 0. The third-order valence-corrected chi connectivity index (χ3v) is 8.05. The number of nitrogens with zero attached hydrogens (tertiary/aromatic N) is 2. The maximum Gasteiger partial charge on any atom is 0.241 e. The third-order valence-electron chi connectivity index (χ3n) is 8.05. The number of rotatable bonds is 2. The number of aryl methyl sites for hydroxylation is 1. The summed E-state index contributed by atoms with van der Waals surface area (Å²) >= 11 is 0. The summed E-state index contributed by atoms with van der Waals surface area (Å²) in [6.45, 7) is 8.72. The van der Waals surface area contributed by atoms with Crippen molar-refractivity contribution in [2.24, 2.45) is 0 Å². The Labute approximate surface area is 279 Å². The van der Waals surface area contributed by atoms with E-state index in [0.29, 0.717) is 0 Å². The van der Waals surface area contributed by atoms with E-state index in [9.17, 15) is 0 Å². The van der Waals surface area contributed by atoms with Gasteiger partial charge in [-0.25, -0.2) is 0 Å². The van der Waals surface area contributed by atoms with Crippen molar-refractivity contribution in [3.8, 4) is 45.5 Å².